The van der Waals surface area contributed by atoms with Crippen molar-refractivity contribution in [3.63, 3.8) is 0 Å². The van der Waals surface area contributed by atoms with Crippen LogP contribution in [0.1, 0.15) is 11.5 Å². The molecule has 0 spiro atoms. The van der Waals surface area contributed by atoms with E-state index in [1.54, 1.807) is 12.1 Å². The highest BCUT2D eigenvalue weighted by atomic mass is 79.9. The van der Waals surface area contributed by atoms with Crippen LogP contribution in [-0.2, 0) is 6.54 Å². The number of rotatable bonds is 3. The molecule has 2 aromatic rings. The molecule has 0 atom stereocenters. The number of anilines is 1. The van der Waals surface area contributed by atoms with Crippen LogP contribution < -0.4 is 5.32 Å². The van der Waals surface area contributed by atoms with E-state index in [0.29, 0.717) is 18.1 Å². The molecule has 0 amide bonds. The van der Waals surface area contributed by atoms with Gasteiger partial charge in [0.15, 0.2) is 0 Å². The molecule has 1 N–H and O–H groups in total. The molecular weight excluding hydrogens is 428 g/mol. The minimum atomic E-state index is 0.320. The fourth-order valence-corrected chi connectivity index (χ4v) is 3.96. The summed E-state index contributed by atoms with van der Waals surface area (Å²) in [5.74, 6) is 1.04. The van der Waals surface area contributed by atoms with Crippen molar-refractivity contribution >= 4 is 53.5 Å². The topological polar surface area (TPSA) is 49.0 Å². The van der Waals surface area contributed by atoms with E-state index >= 15 is 0 Å². The Kier molecular flexibility index (Phi) is 4.49. The number of nitriles is 1. The van der Waals surface area contributed by atoms with Gasteiger partial charge in [-0.3, -0.25) is 0 Å². The van der Waals surface area contributed by atoms with Gasteiger partial charge >= 0.3 is 0 Å². The van der Waals surface area contributed by atoms with Crippen molar-refractivity contribution in [3.8, 4) is 6.07 Å². The minimum Gasteiger partial charge on any atom is -0.449 e. The summed E-state index contributed by atoms with van der Waals surface area (Å²) >= 11 is 10.4. The summed E-state index contributed by atoms with van der Waals surface area (Å²) in [6, 6.07) is 9.30. The maximum atomic E-state index is 8.67. The first-order valence-corrected chi connectivity index (χ1v) is 7.35. The van der Waals surface area contributed by atoms with Crippen molar-refractivity contribution in [3.05, 3.63) is 49.2 Å². The lowest BCUT2D eigenvalue weighted by Gasteiger charge is -2.10. The molecule has 0 aliphatic rings. The van der Waals surface area contributed by atoms with Crippen molar-refractivity contribution in [2.45, 2.75) is 6.54 Å². The van der Waals surface area contributed by atoms with Crippen LogP contribution in [0.5, 0.6) is 0 Å². The quantitative estimate of drug-likeness (QED) is 0.735. The van der Waals surface area contributed by atoms with Gasteiger partial charge in [0, 0.05) is 13.4 Å². The molecule has 18 heavy (non-hydrogen) atoms. The van der Waals surface area contributed by atoms with Crippen LogP contribution in [0.25, 0.3) is 0 Å². The number of hydrogen-bond donors (Lipinski definition) is 1. The van der Waals surface area contributed by atoms with Gasteiger partial charge in [0.1, 0.15) is 11.8 Å². The molecule has 0 aliphatic heterocycles. The maximum Gasteiger partial charge on any atom is 0.203 e. The van der Waals surface area contributed by atoms with Gasteiger partial charge in [-0.15, -0.1) is 0 Å². The molecule has 1 aromatic heterocycles. The van der Waals surface area contributed by atoms with Crippen LogP contribution >= 0.6 is 47.8 Å². The molecule has 2 rings (SSSR count). The van der Waals surface area contributed by atoms with Gasteiger partial charge in [0.25, 0.3) is 0 Å². The average Bonchev–Trinajstić information content (AvgIpc) is 2.75. The smallest absolute Gasteiger partial charge is 0.203 e. The molecule has 0 unspecified atom stereocenters. The average molecular weight is 435 g/mol. The Morgan fingerprint density at radius 2 is 1.83 bits per heavy atom. The zero-order chi connectivity index (χ0) is 13.1. The summed E-state index contributed by atoms with van der Waals surface area (Å²) in [6.45, 7) is 0.514. The molecule has 0 aliphatic carbocycles. The highest BCUT2D eigenvalue weighted by Crippen LogP contribution is 2.34. The molecule has 92 valence electrons. The monoisotopic (exact) mass is 432 g/mol. The third kappa shape index (κ3) is 3.16. The van der Waals surface area contributed by atoms with Crippen molar-refractivity contribution < 1.29 is 4.42 Å². The van der Waals surface area contributed by atoms with Crippen molar-refractivity contribution in [1.29, 1.82) is 5.26 Å². The Bertz CT molecular complexity index is 593. The van der Waals surface area contributed by atoms with E-state index in [1.807, 2.05) is 18.2 Å². The minimum absolute atomic E-state index is 0.320. The van der Waals surface area contributed by atoms with Gasteiger partial charge in [-0.25, -0.2) is 0 Å². The van der Waals surface area contributed by atoms with Crippen molar-refractivity contribution in [2.75, 3.05) is 5.32 Å². The molecule has 6 heteroatoms. The normalized spacial score (nSPS) is 10.1. The van der Waals surface area contributed by atoms with Crippen molar-refractivity contribution in [2.24, 2.45) is 0 Å². The molecule has 0 fully saturated rings. The standard InChI is InChI=1S/C12H7Br3N2O/c13-7-3-10(14)12(11(15)4-7)17-6-9-2-1-8(5-16)18-9/h1-4,17H,6H2. The summed E-state index contributed by atoms with van der Waals surface area (Å²) in [7, 11) is 0. The molecule has 0 saturated heterocycles. The first-order chi connectivity index (χ1) is 8.60. The first-order valence-electron chi connectivity index (χ1n) is 4.97. The van der Waals surface area contributed by atoms with Crippen molar-refractivity contribution in [1.82, 2.24) is 0 Å². The van der Waals surface area contributed by atoms with Crippen LogP contribution in [-0.4, -0.2) is 0 Å². The number of nitrogens with zero attached hydrogens (tertiary/aromatic N) is 1. The summed E-state index contributed by atoms with van der Waals surface area (Å²) in [6.07, 6.45) is 0. The molecule has 0 saturated carbocycles. The Morgan fingerprint density at radius 3 is 2.39 bits per heavy atom. The molecule has 1 aromatic carbocycles. The fraction of sp³-hybridized carbons (Fsp3) is 0.0833. The summed E-state index contributed by atoms with van der Waals surface area (Å²) < 4.78 is 8.16. The number of furan rings is 1. The zero-order valence-electron chi connectivity index (χ0n) is 9.01. The van der Waals surface area contributed by atoms with Crippen LogP contribution in [0.3, 0.4) is 0 Å². The van der Waals surface area contributed by atoms with Gasteiger partial charge < -0.3 is 9.73 Å². The number of hydrogen-bond acceptors (Lipinski definition) is 3. The van der Waals surface area contributed by atoms with E-state index < -0.39 is 0 Å². The van der Waals surface area contributed by atoms with E-state index in [1.165, 1.54) is 0 Å². The zero-order valence-corrected chi connectivity index (χ0v) is 13.8. The van der Waals surface area contributed by atoms with E-state index in [2.05, 4.69) is 53.1 Å². The molecule has 0 radical (unpaired) electrons. The summed E-state index contributed by atoms with van der Waals surface area (Å²) in [4.78, 5) is 0. The summed E-state index contributed by atoms with van der Waals surface area (Å²) in [5, 5.41) is 11.9. The van der Waals surface area contributed by atoms with Crippen LogP contribution in [0.4, 0.5) is 5.69 Å². The third-order valence-electron chi connectivity index (χ3n) is 2.22. The fourth-order valence-electron chi connectivity index (χ4n) is 1.42. The van der Waals surface area contributed by atoms with E-state index in [0.717, 1.165) is 19.1 Å². The highest BCUT2D eigenvalue weighted by Gasteiger charge is 2.08. The van der Waals surface area contributed by atoms with Crippen LogP contribution in [0, 0.1) is 11.3 Å². The van der Waals surface area contributed by atoms with E-state index in [4.69, 9.17) is 9.68 Å². The van der Waals surface area contributed by atoms with Crippen LogP contribution in [0.2, 0.25) is 0 Å². The second-order valence-corrected chi connectivity index (χ2v) is 6.10. The van der Waals surface area contributed by atoms with E-state index in [-0.39, 0.29) is 0 Å². The first kappa shape index (κ1) is 13.7. The van der Waals surface area contributed by atoms with Crippen LogP contribution in [0.15, 0.2) is 42.1 Å². The Balaban J connectivity index is 2.13. The largest absolute Gasteiger partial charge is 0.449 e. The molecule has 1 heterocycles. The maximum absolute atomic E-state index is 8.67. The van der Waals surface area contributed by atoms with Gasteiger partial charge in [0.05, 0.1) is 12.2 Å². The predicted octanol–water partition coefficient (Wildman–Crippen LogP) is 5.05. The SMILES string of the molecule is N#Cc1ccc(CNc2c(Br)cc(Br)cc2Br)o1. The highest BCUT2D eigenvalue weighted by molar-refractivity contribution is 9.11. The Hall–Kier alpha value is -0.770. The summed E-state index contributed by atoms with van der Waals surface area (Å²) in [5.41, 5.74) is 0.938. The lowest BCUT2D eigenvalue weighted by atomic mass is 10.3. The Morgan fingerprint density at radius 1 is 1.17 bits per heavy atom. The predicted molar refractivity (Wildman–Crippen MR) is 80.3 cm³/mol. The Labute approximate surface area is 130 Å². The van der Waals surface area contributed by atoms with Gasteiger partial charge in [-0.2, -0.15) is 5.26 Å². The van der Waals surface area contributed by atoms with Gasteiger partial charge in [-0.1, -0.05) is 15.9 Å². The second-order valence-electron chi connectivity index (χ2n) is 3.48. The lowest BCUT2D eigenvalue weighted by Crippen LogP contribution is -1.99. The number of nitrogens with one attached hydrogen (secondary N) is 1. The second kappa shape index (κ2) is 5.91. The lowest BCUT2D eigenvalue weighted by molar-refractivity contribution is 0.506. The molecular formula is C12H7Br3N2O. The molecule has 3 nitrogen and oxygen atoms in total. The van der Waals surface area contributed by atoms with Gasteiger partial charge in [0.2, 0.25) is 5.76 Å². The molecule has 0 bridgehead atoms. The van der Waals surface area contributed by atoms with Gasteiger partial charge in [-0.05, 0) is 56.1 Å². The van der Waals surface area contributed by atoms with E-state index in [9.17, 15) is 0 Å². The number of halogens is 3. The number of benzene rings is 1. The third-order valence-corrected chi connectivity index (χ3v) is 3.93.